The average molecular weight is 293 g/mol. The Morgan fingerprint density at radius 3 is 2.81 bits per heavy atom. The topological polar surface area (TPSA) is 106 Å². The number of carbonyl (C=O) groups excluding carboxylic acids is 1. The van der Waals surface area contributed by atoms with Gasteiger partial charge in [0.05, 0.1) is 18.4 Å². The molecule has 8 heteroatoms. The Hall–Kier alpha value is -2.22. The maximum Gasteiger partial charge on any atom is 0.244 e. The lowest BCUT2D eigenvalue weighted by atomic mass is 9.94. The van der Waals surface area contributed by atoms with Crippen molar-refractivity contribution in [2.75, 3.05) is 6.61 Å². The maximum absolute atomic E-state index is 12.0. The van der Waals surface area contributed by atoms with E-state index in [1.165, 1.54) is 11.1 Å². The zero-order valence-corrected chi connectivity index (χ0v) is 12.1. The second-order valence-electron chi connectivity index (χ2n) is 4.81. The van der Waals surface area contributed by atoms with Gasteiger partial charge in [-0.3, -0.25) is 4.79 Å². The van der Waals surface area contributed by atoms with Crippen LogP contribution in [-0.4, -0.2) is 43.4 Å². The summed E-state index contributed by atoms with van der Waals surface area (Å²) in [5, 5.41) is 24.0. The average Bonchev–Trinajstić information content (AvgIpc) is 3.15. The van der Waals surface area contributed by atoms with Crippen molar-refractivity contribution in [3.63, 3.8) is 0 Å². The summed E-state index contributed by atoms with van der Waals surface area (Å²) in [5.74, 6) is 0.553. The Morgan fingerprint density at radius 2 is 2.24 bits per heavy atom. The number of hydrogen-bond donors (Lipinski definition) is 2. The van der Waals surface area contributed by atoms with Crippen molar-refractivity contribution in [3.05, 3.63) is 18.4 Å². The quantitative estimate of drug-likeness (QED) is 0.774. The summed E-state index contributed by atoms with van der Waals surface area (Å²) < 4.78 is 5.16. The Morgan fingerprint density at radius 1 is 1.48 bits per heavy atom. The van der Waals surface area contributed by atoms with Crippen LogP contribution in [0.15, 0.2) is 22.8 Å². The van der Waals surface area contributed by atoms with Crippen LogP contribution >= 0.6 is 0 Å². The summed E-state index contributed by atoms with van der Waals surface area (Å²) in [7, 11) is 0. The Bertz CT molecular complexity index is 566. The van der Waals surface area contributed by atoms with Crippen molar-refractivity contribution < 1.29 is 14.3 Å². The zero-order chi connectivity index (χ0) is 15.3. The third-order valence-electron chi connectivity index (χ3n) is 3.54. The van der Waals surface area contributed by atoms with Crippen LogP contribution in [0.1, 0.15) is 26.7 Å². The van der Waals surface area contributed by atoms with Gasteiger partial charge in [0.15, 0.2) is 5.76 Å². The fourth-order valence-electron chi connectivity index (χ4n) is 1.97. The molecular weight excluding hydrogens is 274 g/mol. The molecule has 1 amide bonds. The largest absolute Gasteiger partial charge is 0.461 e. The number of aliphatic hydroxyl groups is 1. The summed E-state index contributed by atoms with van der Waals surface area (Å²) >= 11 is 0. The molecule has 0 aliphatic rings. The molecule has 2 N–H and O–H groups in total. The number of rotatable bonds is 7. The molecule has 0 saturated heterocycles. The van der Waals surface area contributed by atoms with E-state index in [0.29, 0.717) is 24.4 Å². The van der Waals surface area contributed by atoms with E-state index in [-0.39, 0.29) is 19.1 Å². The lowest BCUT2D eigenvalue weighted by Gasteiger charge is -2.30. The van der Waals surface area contributed by atoms with Crippen molar-refractivity contribution in [2.45, 2.75) is 38.8 Å². The number of aromatic nitrogens is 4. The van der Waals surface area contributed by atoms with Gasteiger partial charge in [0.2, 0.25) is 11.7 Å². The molecule has 2 heterocycles. The second-order valence-corrected chi connectivity index (χ2v) is 4.81. The molecule has 0 unspecified atom stereocenters. The first kappa shape index (κ1) is 15.2. The molecule has 21 heavy (non-hydrogen) atoms. The molecule has 0 aromatic carbocycles. The number of hydrogen-bond acceptors (Lipinski definition) is 6. The number of furan rings is 1. The number of aliphatic hydroxyl groups excluding tert-OH is 1. The van der Waals surface area contributed by atoms with E-state index in [2.05, 4.69) is 20.7 Å². The SMILES string of the molecule is CCC(CC)(CO)NC(=O)Cn1nnc(-c2ccco2)n1. The van der Waals surface area contributed by atoms with Gasteiger partial charge >= 0.3 is 0 Å². The van der Waals surface area contributed by atoms with Gasteiger partial charge in [-0.15, -0.1) is 10.2 Å². The van der Waals surface area contributed by atoms with Crippen molar-refractivity contribution in [2.24, 2.45) is 0 Å². The van der Waals surface area contributed by atoms with E-state index < -0.39 is 5.54 Å². The van der Waals surface area contributed by atoms with Crippen molar-refractivity contribution >= 4 is 5.91 Å². The highest BCUT2D eigenvalue weighted by Gasteiger charge is 2.27. The van der Waals surface area contributed by atoms with Crippen LogP contribution in [0.25, 0.3) is 11.6 Å². The van der Waals surface area contributed by atoms with Crippen LogP contribution in [0.2, 0.25) is 0 Å². The molecule has 0 radical (unpaired) electrons. The maximum atomic E-state index is 12.0. The fraction of sp³-hybridized carbons (Fsp3) is 0.538. The highest BCUT2D eigenvalue weighted by molar-refractivity contribution is 5.76. The van der Waals surface area contributed by atoms with E-state index in [1.54, 1.807) is 12.1 Å². The van der Waals surface area contributed by atoms with E-state index >= 15 is 0 Å². The lowest BCUT2D eigenvalue weighted by molar-refractivity contribution is -0.124. The Balaban J connectivity index is 2.00. The summed E-state index contributed by atoms with van der Waals surface area (Å²) in [6.45, 7) is 3.68. The van der Waals surface area contributed by atoms with Crippen LogP contribution in [0.3, 0.4) is 0 Å². The van der Waals surface area contributed by atoms with Crippen molar-refractivity contribution in [1.29, 1.82) is 0 Å². The lowest BCUT2D eigenvalue weighted by Crippen LogP contribution is -2.51. The number of nitrogens with zero attached hydrogens (tertiary/aromatic N) is 4. The van der Waals surface area contributed by atoms with E-state index in [4.69, 9.17) is 4.42 Å². The molecule has 114 valence electrons. The molecule has 2 rings (SSSR count). The highest BCUT2D eigenvalue weighted by Crippen LogP contribution is 2.14. The van der Waals surface area contributed by atoms with Crippen molar-refractivity contribution in [1.82, 2.24) is 25.5 Å². The molecule has 0 fully saturated rings. The first-order valence-electron chi connectivity index (χ1n) is 6.86. The molecule has 0 aliphatic heterocycles. The van der Waals surface area contributed by atoms with Crippen LogP contribution in [0, 0.1) is 0 Å². The normalized spacial score (nSPS) is 11.6. The first-order chi connectivity index (χ1) is 10.1. The third-order valence-corrected chi connectivity index (χ3v) is 3.54. The standard InChI is InChI=1S/C13H19N5O3/c1-3-13(4-2,9-19)14-11(20)8-18-16-12(15-17-18)10-6-5-7-21-10/h5-7,19H,3-4,8-9H2,1-2H3,(H,14,20). The molecule has 0 bridgehead atoms. The molecule has 2 aromatic rings. The van der Waals surface area contributed by atoms with Gasteiger partial charge in [-0.2, -0.15) is 4.80 Å². The summed E-state index contributed by atoms with van der Waals surface area (Å²) in [4.78, 5) is 13.2. The van der Waals surface area contributed by atoms with Crippen LogP contribution in [0.4, 0.5) is 0 Å². The number of nitrogens with one attached hydrogen (secondary N) is 1. The summed E-state index contributed by atoms with van der Waals surface area (Å²) in [6, 6.07) is 3.44. The van der Waals surface area contributed by atoms with Gasteiger partial charge in [0.1, 0.15) is 6.54 Å². The fourth-order valence-corrected chi connectivity index (χ4v) is 1.97. The minimum absolute atomic E-state index is 0.0601. The predicted octanol–water partition coefficient (Wildman–Crippen LogP) is 0.600. The number of tetrazole rings is 1. The van der Waals surface area contributed by atoms with E-state index in [9.17, 15) is 9.90 Å². The van der Waals surface area contributed by atoms with Gasteiger partial charge < -0.3 is 14.8 Å². The second kappa shape index (κ2) is 6.49. The molecule has 0 spiro atoms. The Kier molecular flexibility index (Phi) is 4.69. The third kappa shape index (κ3) is 3.46. The van der Waals surface area contributed by atoms with Gasteiger partial charge in [-0.1, -0.05) is 13.8 Å². The molecule has 0 atom stereocenters. The van der Waals surface area contributed by atoms with Gasteiger partial charge in [0, 0.05) is 0 Å². The highest BCUT2D eigenvalue weighted by atomic mass is 16.3. The van der Waals surface area contributed by atoms with Crippen LogP contribution in [-0.2, 0) is 11.3 Å². The Labute approximate surface area is 122 Å². The first-order valence-corrected chi connectivity index (χ1v) is 6.86. The predicted molar refractivity (Wildman–Crippen MR) is 74.1 cm³/mol. The zero-order valence-electron chi connectivity index (χ0n) is 12.1. The van der Waals surface area contributed by atoms with Crippen LogP contribution < -0.4 is 5.32 Å². The minimum atomic E-state index is -0.596. The molecule has 0 aliphatic carbocycles. The smallest absolute Gasteiger partial charge is 0.244 e. The van der Waals surface area contributed by atoms with Crippen LogP contribution in [0.5, 0.6) is 0 Å². The molecule has 0 saturated carbocycles. The monoisotopic (exact) mass is 293 g/mol. The number of carbonyl (C=O) groups is 1. The van der Waals surface area contributed by atoms with Gasteiger partial charge in [-0.05, 0) is 30.2 Å². The molecule has 8 nitrogen and oxygen atoms in total. The number of amides is 1. The van der Waals surface area contributed by atoms with E-state index in [1.807, 2.05) is 13.8 Å². The molecule has 2 aromatic heterocycles. The van der Waals surface area contributed by atoms with Crippen molar-refractivity contribution in [3.8, 4) is 11.6 Å². The minimum Gasteiger partial charge on any atom is -0.461 e. The van der Waals surface area contributed by atoms with Gasteiger partial charge in [0.25, 0.3) is 0 Å². The summed E-state index contributed by atoms with van der Waals surface area (Å²) in [5.41, 5.74) is -0.596. The van der Waals surface area contributed by atoms with E-state index in [0.717, 1.165) is 0 Å². The summed E-state index contributed by atoms with van der Waals surface area (Å²) in [6.07, 6.45) is 2.81. The van der Waals surface area contributed by atoms with Gasteiger partial charge in [-0.25, -0.2) is 0 Å². The molecular formula is C13H19N5O3.